The molecule has 0 amide bonds. The van der Waals surface area contributed by atoms with Crippen molar-refractivity contribution in [2.75, 3.05) is 13.1 Å². The zero-order chi connectivity index (χ0) is 15.3. The Hall–Kier alpha value is -1.35. The van der Waals surface area contributed by atoms with Gasteiger partial charge in [0.15, 0.2) is 0 Å². The van der Waals surface area contributed by atoms with E-state index in [9.17, 15) is 8.42 Å². The van der Waals surface area contributed by atoms with E-state index in [1.165, 1.54) is 12.8 Å². The SMILES string of the molecule is CC1CCCC1CNS(=O)(=O)c1ccccc1C#CCN. The fraction of sp³-hybridized carbons (Fsp3) is 0.500. The average molecular weight is 306 g/mol. The molecule has 1 aliphatic rings. The monoisotopic (exact) mass is 306 g/mol. The molecule has 1 aliphatic carbocycles. The second kappa shape index (κ2) is 7.08. The average Bonchev–Trinajstić information content (AvgIpc) is 2.89. The van der Waals surface area contributed by atoms with Gasteiger partial charge < -0.3 is 5.73 Å². The van der Waals surface area contributed by atoms with Gasteiger partial charge in [0.05, 0.1) is 11.4 Å². The van der Waals surface area contributed by atoms with Gasteiger partial charge in [0.1, 0.15) is 0 Å². The molecular weight excluding hydrogens is 284 g/mol. The highest BCUT2D eigenvalue weighted by atomic mass is 32.2. The standard InChI is InChI=1S/C16H22N2O2S/c1-13-6-4-8-15(13)12-18-21(19,20)16-10-3-2-7-14(16)9-5-11-17/h2-3,7,10,13,15,18H,4,6,8,11-12,17H2,1H3. The van der Waals surface area contributed by atoms with E-state index in [4.69, 9.17) is 5.73 Å². The quantitative estimate of drug-likeness (QED) is 0.832. The third-order valence-corrected chi connectivity index (χ3v) is 5.56. The van der Waals surface area contributed by atoms with E-state index in [1.807, 2.05) is 0 Å². The molecule has 0 radical (unpaired) electrons. The Labute approximate surface area is 127 Å². The van der Waals surface area contributed by atoms with Crippen LogP contribution in [0.25, 0.3) is 0 Å². The Bertz CT molecular complexity index is 644. The summed E-state index contributed by atoms with van der Waals surface area (Å²) in [4.78, 5) is 0.233. The highest BCUT2D eigenvalue weighted by molar-refractivity contribution is 7.89. The van der Waals surface area contributed by atoms with Crippen LogP contribution in [-0.4, -0.2) is 21.5 Å². The molecule has 0 heterocycles. The van der Waals surface area contributed by atoms with Gasteiger partial charge in [-0.2, -0.15) is 0 Å². The summed E-state index contributed by atoms with van der Waals surface area (Å²) in [5.41, 5.74) is 5.85. The van der Waals surface area contributed by atoms with E-state index < -0.39 is 10.0 Å². The van der Waals surface area contributed by atoms with Crippen molar-refractivity contribution < 1.29 is 8.42 Å². The van der Waals surface area contributed by atoms with Crippen molar-refractivity contribution in [3.05, 3.63) is 29.8 Å². The summed E-state index contributed by atoms with van der Waals surface area (Å²) in [6.07, 6.45) is 3.47. The summed E-state index contributed by atoms with van der Waals surface area (Å²) in [6.45, 7) is 2.90. The van der Waals surface area contributed by atoms with Gasteiger partial charge >= 0.3 is 0 Å². The molecule has 0 aliphatic heterocycles. The summed E-state index contributed by atoms with van der Waals surface area (Å²) in [7, 11) is -3.53. The van der Waals surface area contributed by atoms with E-state index in [0.29, 0.717) is 23.9 Å². The Balaban J connectivity index is 2.15. The van der Waals surface area contributed by atoms with Crippen molar-refractivity contribution in [2.45, 2.75) is 31.1 Å². The third kappa shape index (κ3) is 4.07. The molecule has 5 heteroatoms. The maximum atomic E-state index is 12.5. The number of sulfonamides is 1. The zero-order valence-electron chi connectivity index (χ0n) is 12.3. The van der Waals surface area contributed by atoms with E-state index in [1.54, 1.807) is 24.3 Å². The van der Waals surface area contributed by atoms with Gasteiger partial charge in [0, 0.05) is 12.1 Å². The molecule has 1 aromatic carbocycles. The fourth-order valence-corrected chi connectivity index (χ4v) is 4.03. The normalized spacial score (nSPS) is 21.8. The number of benzene rings is 1. The maximum Gasteiger partial charge on any atom is 0.241 e. The van der Waals surface area contributed by atoms with Crippen LogP contribution in [0.1, 0.15) is 31.7 Å². The molecule has 0 spiro atoms. The Morgan fingerprint density at radius 3 is 2.76 bits per heavy atom. The topological polar surface area (TPSA) is 72.2 Å². The first kappa shape index (κ1) is 16.0. The first-order valence-electron chi connectivity index (χ1n) is 7.32. The van der Waals surface area contributed by atoms with Crippen LogP contribution in [0.2, 0.25) is 0 Å². The van der Waals surface area contributed by atoms with E-state index in [0.717, 1.165) is 6.42 Å². The lowest BCUT2D eigenvalue weighted by Crippen LogP contribution is -2.30. The van der Waals surface area contributed by atoms with Crippen LogP contribution in [0.3, 0.4) is 0 Å². The second-order valence-electron chi connectivity index (χ2n) is 5.52. The molecule has 1 saturated carbocycles. The highest BCUT2D eigenvalue weighted by Crippen LogP contribution is 2.30. The van der Waals surface area contributed by atoms with Gasteiger partial charge in [-0.1, -0.05) is 43.7 Å². The van der Waals surface area contributed by atoms with Crippen molar-refractivity contribution in [3.8, 4) is 11.8 Å². The highest BCUT2D eigenvalue weighted by Gasteiger charge is 2.26. The molecule has 0 bridgehead atoms. The van der Waals surface area contributed by atoms with Crippen LogP contribution in [0.5, 0.6) is 0 Å². The van der Waals surface area contributed by atoms with Crippen LogP contribution >= 0.6 is 0 Å². The van der Waals surface area contributed by atoms with E-state index >= 15 is 0 Å². The van der Waals surface area contributed by atoms with Crippen LogP contribution in [0.15, 0.2) is 29.2 Å². The zero-order valence-corrected chi connectivity index (χ0v) is 13.1. The molecule has 2 unspecified atom stereocenters. The molecule has 21 heavy (non-hydrogen) atoms. The molecule has 2 atom stereocenters. The number of hydrogen-bond acceptors (Lipinski definition) is 3. The molecule has 1 fully saturated rings. The van der Waals surface area contributed by atoms with Crippen LogP contribution in [0, 0.1) is 23.7 Å². The predicted octanol–water partition coefficient (Wildman–Crippen LogP) is 1.71. The third-order valence-electron chi connectivity index (χ3n) is 4.08. The Morgan fingerprint density at radius 1 is 1.33 bits per heavy atom. The largest absolute Gasteiger partial charge is 0.320 e. The Kier molecular flexibility index (Phi) is 5.40. The summed E-state index contributed by atoms with van der Waals surface area (Å²) in [6, 6.07) is 6.77. The van der Waals surface area contributed by atoms with Crippen molar-refractivity contribution in [2.24, 2.45) is 17.6 Å². The second-order valence-corrected chi connectivity index (χ2v) is 7.26. The molecule has 3 N–H and O–H groups in total. The van der Waals surface area contributed by atoms with Crippen molar-refractivity contribution in [1.82, 2.24) is 4.72 Å². The molecule has 4 nitrogen and oxygen atoms in total. The van der Waals surface area contributed by atoms with E-state index in [-0.39, 0.29) is 11.4 Å². The smallest absolute Gasteiger partial charge is 0.241 e. The first-order chi connectivity index (χ1) is 10.0. The van der Waals surface area contributed by atoms with Gasteiger partial charge in [-0.15, -0.1) is 0 Å². The minimum Gasteiger partial charge on any atom is -0.320 e. The van der Waals surface area contributed by atoms with Gasteiger partial charge in [0.25, 0.3) is 0 Å². The van der Waals surface area contributed by atoms with Crippen molar-refractivity contribution in [3.63, 3.8) is 0 Å². The number of hydrogen-bond donors (Lipinski definition) is 2. The number of nitrogens with one attached hydrogen (secondary N) is 1. The molecular formula is C16H22N2O2S. The maximum absolute atomic E-state index is 12.5. The van der Waals surface area contributed by atoms with Gasteiger partial charge in [0.2, 0.25) is 10.0 Å². The lowest BCUT2D eigenvalue weighted by Gasteiger charge is -2.16. The summed E-state index contributed by atoms with van der Waals surface area (Å²) in [5.74, 6) is 6.54. The van der Waals surface area contributed by atoms with Gasteiger partial charge in [-0.05, 0) is 30.4 Å². The minimum atomic E-state index is -3.53. The van der Waals surface area contributed by atoms with Crippen molar-refractivity contribution >= 4 is 10.0 Å². The molecule has 0 saturated heterocycles. The van der Waals surface area contributed by atoms with Gasteiger partial charge in [-0.3, -0.25) is 0 Å². The fourth-order valence-electron chi connectivity index (χ4n) is 2.77. The Morgan fingerprint density at radius 2 is 2.10 bits per heavy atom. The molecule has 0 aromatic heterocycles. The molecule has 1 aromatic rings. The predicted molar refractivity (Wildman–Crippen MR) is 84.1 cm³/mol. The minimum absolute atomic E-state index is 0.210. The summed E-state index contributed by atoms with van der Waals surface area (Å²) in [5, 5.41) is 0. The van der Waals surface area contributed by atoms with E-state index in [2.05, 4.69) is 23.5 Å². The molecule has 114 valence electrons. The van der Waals surface area contributed by atoms with Crippen LogP contribution in [0.4, 0.5) is 0 Å². The number of nitrogens with two attached hydrogens (primary N) is 1. The van der Waals surface area contributed by atoms with Crippen LogP contribution in [-0.2, 0) is 10.0 Å². The summed E-state index contributed by atoms with van der Waals surface area (Å²) >= 11 is 0. The first-order valence-corrected chi connectivity index (χ1v) is 8.80. The van der Waals surface area contributed by atoms with Crippen LogP contribution < -0.4 is 10.5 Å². The summed E-state index contributed by atoms with van der Waals surface area (Å²) < 4.78 is 27.7. The lowest BCUT2D eigenvalue weighted by molar-refractivity contribution is 0.414. The molecule has 2 rings (SSSR count). The van der Waals surface area contributed by atoms with Gasteiger partial charge in [-0.25, -0.2) is 13.1 Å². The van der Waals surface area contributed by atoms with Crippen molar-refractivity contribution in [1.29, 1.82) is 0 Å². The number of rotatable bonds is 4. The lowest BCUT2D eigenvalue weighted by atomic mass is 9.99.